The Morgan fingerprint density at radius 2 is 2.14 bits per heavy atom. The van der Waals surface area contributed by atoms with E-state index in [0.717, 1.165) is 11.4 Å². The number of hydrogen-bond donors (Lipinski definition) is 2. The first-order valence-corrected chi connectivity index (χ1v) is 5.57. The molecule has 0 unspecified atom stereocenters. The van der Waals surface area contributed by atoms with Crippen LogP contribution in [0.15, 0.2) is 35.2 Å². The Bertz CT molecular complexity index is 321. The van der Waals surface area contributed by atoms with E-state index in [1.54, 1.807) is 11.8 Å². The predicted molar refractivity (Wildman–Crippen MR) is 64.5 cm³/mol. The van der Waals surface area contributed by atoms with Crippen molar-refractivity contribution in [3.05, 3.63) is 35.9 Å². The van der Waals surface area contributed by atoms with E-state index in [9.17, 15) is 0 Å². The second-order valence-corrected chi connectivity index (χ2v) is 4.05. The van der Waals surface area contributed by atoms with Crippen molar-refractivity contribution in [2.45, 2.75) is 11.8 Å². The molecule has 0 aromatic heterocycles. The molecule has 3 heteroatoms. The van der Waals surface area contributed by atoms with E-state index in [1.807, 2.05) is 25.1 Å². The van der Waals surface area contributed by atoms with Crippen LogP contribution in [0.25, 0.3) is 0 Å². The summed E-state index contributed by atoms with van der Waals surface area (Å²) < 4.78 is 0. The minimum absolute atomic E-state index is 0.608. The zero-order valence-electron chi connectivity index (χ0n) is 8.36. The van der Waals surface area contributed by atoms with Gasteiger partial charge in [-0.05, 0) is 24.6 Å². The maximum absolute atomic E-state index is 5.80. The molecule has 0 fully saturated rings. The summed E-state index contributed by atoms with van der Waals surface area (Å²) >= 11 is 1.78. The number of thioether (sulfide) groups is 1. The normalized spacial score (nSPS) is 11.0. The van der Waals surface area contributed by atoms with E-state index in [1.165, 1.54) is 10.5 Å². The zero-order valence-corrected chi connectivity index (χ0v) is 9.18. The van der Waals surface area contributed by atoms with Gasteiger partial charge < -0.3 is 11.5 Å². The van der Waals surface area contributed by atoms with Gasteiger partial charge in [0.1, 0.15) is 0 Å². The molecule has 0 spiro atoms. The van der Waals surface area contributed by atoms with Crippen LogP contribution in [0.2, 0.25) is 0 Å². The largest absolute Gasteiger partial charge is 0.398 e. The summed E-state index contributed by atoms with van der Waals surface area (Å²) in [7, 11) is 0. The van der Waals surface area contributed by atoms with Crippen LogP contribution in [0, 0.1) is 6.92 Å². The number of anilines is 1. The SMILES string of the molecule is Cc1c(N)cccc1SCC=CCN. The molecule has 4 N–H and O–H groups in total. The predicted octanol–water partition coefficient (Wildman–Crippen LogP) is 2.18. The monoisotopic (exact) mass is 208 g/mol. The van der Waals surface area contributed by atoms with Crippen molar-refractivity contribution < 1.29 is 0 Å². The van der Waals surface area contributed by atoms with Crippen LogP contribution in [0.4, 0.5) is 5.69 Å². The molecule has 1 aromatic carbocycles. The fraction of sp³-hybridized carbons (Fsp3) is 0.273. The molecular weight excluding hydrogens is 192 g/mol. The van der Waals surface area contributed by atoms with Crippen LogP contribution in [0.3, 0.4) is 0 Å². The fourth-order valence-electron chi connectivity index (χ4n) is 1.09. The Morgan fingerprint density at radius 3 is 2.86 bits per heavy atom. The number of nitrogen functional groups attached to an aromatic ring is 1. The molecule has 2 nitrogen and oxygen atoms in total. The van der Waals surface area contributed by atoms with E-state index in [4.69, 9.17) is 11.5 Å². The molecule has 1 aromatic rings. The van der Waals surface area contributed by atoms with Gasteiger partial charge in [-0.1, -0.05) is 18.2 Å². The summed E-state index contributed by atoms with van der Waals surface area (Å²) in [5, 5.41) is 0. The topological polar surface area (TPSA) is 52.0 Å². The zero-order chi connectivity index (χ0) is 10.4. The number of nitrogens with two attached hydrogens (primary N) is 2. The van der Waals surface area contributed by atoms with Crippen LogP contribution in [-0.2, 0) is 0 Å². The average molecular weight is 208 g/mol. The lowest BCUT2D eigenvalue weighted by Crippen LogP contribution is -1.93. The molecule has 0 heterocycles. The molecule has 1 rings (SSSR count). The molecular formula is C11H16N2S. The molecule has 0 saturated carbocycles. The number of benzene rings is 1. The first kappa shape index (κ1) is 11.1. The van der Waals surface area contributed by atoms with Crippen molar-refractivity contribution in [2.75, 3.05) is 18.0 Å². The molecule has 0 atom stereocenters. The lowest BCUT2D eigenvalue weighted by Gasteiger charge is -2.05. The fourth-order valence-corrected chi connectivity index (χ4v) is 2.01. The molecule has 76 valence electrons. The highest BCUT2D eigenvalue weighted by molar-refractivity contribution is 7.99. The summed E-state index contributed by atoms with van der Waals surface area (Å²) in [6.45, 7) is 2.65. The van der Waals surface area contributed by atoms with Crippen LogP contribution in [0.5, 0.6) is 0 Å². The van der Waals surface area contributed by atoms with Gasteiger partial charge in [-0.15, -0.1) is 11.8 Å². The van der Waals surface area contributed by atoms with Crippen molar-refractivity contribution in [3.8, 4) is 0 Å². The third-order valence-corrected chi connectivity index (χ3v) is 3.08. The Balaban J connectivity index is 2.59. The summed E-state index contributed by atoms with van der Waals surface area (Å²) in [6, 6.07) is 6.00. The van der Waals surface area contributed by atoms with Crippen molar-refractivity contribution >= 4 is 17.4 Å². The quantitative estimate of drug-likeness (QED) is 0.453. The van der Waals surface area contributed by atoms with E-state index in [0.29, 0.717) is 6.54 Å². The van der Waals surface area contributed by atoms with Crippen molar-refractivity contribution in [2.24, 2.45) is 5.73 Å². The maximum atomic E-state index is 5.80. The second kappa shape index (κ2) is 5.73. The van der Waals surface area contributed by atoms with Gasteiger partial charge in [-0.2, -0.15) is 0 Å². The molecule has 0 amide bonds. The molecule has 0 aliphatic heterocycles. The standard InChI is InChI=1S/C11H16N2S/c1-9-10(13)5-4-6-11(9)14-8-3-2-7-12/h2-6H,7-8,12-13H2,1H3. The van der Waals surface area contributed by atoms with Crippen LogP contribution in [-0.4, -0.2) is 12.3 Å². The summed E-state index contributed by atoms with van der Waals surface area (Å²) in [4.78, 5) is 1.24. The van der Waals surface area contributed by atoms with E-state index >= 15 is 0 Å². The Labute approximate surface area is 89.4 Å². The van der Waals surface area contributed by atoms with Gasteiger partial charge in [0.2, 0.25) is 0 Å². The van der Waals surface area contributed by atoms with Gasteiger partial charge in [0.25, 0.3) is 0 Å². The van der Waals surface area contributed by atoms with Gasteiger partial charge in [0, 0.05) is 22.9 Å². The van der Waals surface area contributed by atoms with Crippen molar-refractivity contribution in [3.63, 3.8) is 0 Å². The van der Waals surface area contributed by atoms with Gasteiger partial charge >= 0.3 is 0 Å². The van der Waals surface area contributed by atoms with Crippen molar-refractivity contribution in [1.82, 2.24) is 0 Å². The number of rotatable bonds is 4. The minimum Gasteiger partial charge on any atom is -0.398 e. The minimum atomic E-state index is 0.608. The highest BCUT2D eigenvalue weighted by atomic mass is 32.2. The summed E-state index contributed by atoms with van der Waals surface area (Å²) in [6.07, 6.45) is 4.04. The highest BCUT2D eigenvalue weighted by Crippen LogP contribution is 2.25. The molecule has 0 aliphatic rings. The van der Waals surface area contributed by atoms with E-state index in [-0.39, 0.29) is 0 Å². The molecule has 14 heavy (non-hydrogen) atoms. The van der Waals surface area contributed by atoms with Gasteiger partial charge in [-0.3, -0.25) is 0 Å². The Morgan fingerprint density at radius 1 is 1.36 bits per heavy atom. The first-order chi connectivity index (χ1) is 6.75. The third-order valence-electron chi connectivity index (χ3n) is 1.96. The third kappa shape index (κ3) is 3.09. The van der Waals surface area contributed by atoms with Gasteiger partial charge in [0.15, 0.2) is 0 Å². The van der Waals surface area contributed by atoms with E-state index < -0.39 is 0 Å². The van der Waals surface area contributed by atoms with Crippen LogP contribution >= 0.6 is 11.8 Å². The summed E-state index contributed by atoms with van der Waals surface area (Å²) in [5.41, 5.74) is 13.2. The molecule has 0 saturated heterocycles. The van der Waals surface area contributed by atoms with E-state index in [2.05, 4.69) is 12.1 Å². The Hall–Kier alpha value is -0.930. The summed E-state index contributed by atoms with van der Waals surface area (Å²) in [5.74, 6) is 0.946. The van der Waals surface area contributed by atoms with Crippen molar-refractivity contribution in [1.29, 1.82) is 0 Å². The van der Waals surface area contributed by atoms with Gasteiger partial charge in [-0.25, -0.2) is 0 Å². The molecule has 0 bridgehead atoms. The Kier molecular flexibility index (Phi) is 4.56. The van der Waals surface area contributed by atoms with Crippen LogP contribution < -0.4 is 11.5 Å². The van der Waals surface area contributed by atoms with Gasteiger partial charge in [0.05, 0.1) is 0 Å². The lowest BCUT2D eigenvalue weighted by atomic mass is 10.2. The first-order valence-electron chi connectivity index (χ1n) is 4.58. The maximum Gasteiger partial charge on any atom is 0.0354 e. The number of hydrogen-bond acceptors (Lipinski definition) is 3. The highest BCUT2D eigenvalue weighted by Gasteiger charge is 1.99. The average Bonchev–Trinajstić information content (AvgIpc) is 2.19. The lowest BCUT2D eigenvalue weighted by molar-refractivity contribution is 1.25. The van der Waals surface area contributed by atoms with Crippen LogP contribution in [0.1, 0.15) is 5.56 Å². The second-order valence-electron chi connectivity index (χ2n) is 2.99. The molecule has 0 aliphatic carbocycles. The smallest absolute Gasteiger partial charge is 0.0354 e. The molecule has 0 radical (unpaired) electrons.